The minimum atomic E-state index is -0.195. The fraction of sp³-hybridized carbons (Fsp3) is 0.296. The van der Waals surface area contributed by atoms with Gasteiger partial charge < -0.3 is 10.6 Å². The van der Waals surface area contributed by atoms with Crippen molar-refractivity contribution in [3.05, 3.63) is 90.2 Å². The largest absolute Gasteiger partial charge is 0.335 e. The van der Waals surface area contributed by atoms with Crippen LogP contribution in [0, 0.1) is 5.82 Å². The number of fused-ring (bicyclic) bond motifs is 2. The highest BCUT2D eigenvalue weighted by Gasteiger charge is 2.40. The van der Waals surface area contributed by atoms with E-state index in [1.54, 1.807) is 0 Å². The predicted octanol–water partition coefficient (Wildman–Crippen LogP) is 5.81. The van der Waals surface area contributed by atoms with Crippen molar-refractivity contribution >= 4 is 11.7 Å². The maximum absolute atomic E-state index is 13.2. The number of piperidine rings is 1. The molecule has 2 unspecified atom stereocenters. The van der Waals surface area contributed by atoms with E-state index in [9.17, 15) is 9.18 Å². The van der Waals surface area contributed by atoms with E-state index in [4.69, 9.17) is 0 Å². The summed E-state index contributed by atoms with van der Waals surface area (Å²) in [5, 5.41) is 6.28. The van der Waals surface area contributed by atoms with Gasteiger partial charge in [-0.3, -0.25) is 4.90 Å². The number of halogens is 1. The molecule has 3 aromatic rings. The molecule has 2 bridgehead atoms. The van der Waals surface area contributed by atoms with E-state index >= 15 is 0 Å². The molecule has 2 N–H and O–H groups in total. The number of para-hydroxylation sites is 1. The first-order valence-corrected chi connectivity index (χ1v) is 11.4. The summed E-state index contributed by atoms with van der Waals surface area (Å²) in [4.78, 5) is 15.4. The van der Waals surface area contributed by atoms with Gasteiger partial charge in [-0.1, -0.05) is 60.7 Å². The minimum absolute atomic E-state index is 0.148. The molecule has 0 spiro atoms. The Morgan fingerprint density at radius 1 is 0.875 bits per heavy atom. The van der Waals surface area contributed by atoms with Gasteiger partial charge in [0.2, 0.25) is 0 Å². The number of hydrogen-bond acceptors (Lipinski definition) is 2. The first-order valence-electron chi connectivity index (χ1n) is 11.4. The molecule has 5 heteroatoms. The Labute approximate surface area is 188 Å². The molecule has 2 amide bonds. The number of nitrogens with one attached hydrogen (secondary N) is 2. The van der Waals surface area contributed by atoms with Crippen LogP contribution >= 0.6 is 0 Å². The summed E-state index contributed by atoms with van der Waals surface area (Å²) in [7, 11) is 0. The van der Waals surface area contributed by atoms with Crippen LogP contribution in [0.1, 0.15) is 31.2 Å². The quantitative estimate of drug-likeness (QED) is 0.538. The molecule has 2 atom stereocenters. The number of amides is 2. The molecule has 0 saturated carbocycles. The van der Waals surface area contributed by atoms with E-state index in [2.05, 4.69) is 15.5 Å². The van der Waals surface area contributed by atoms with Crippen LogP contribution in [0.15, 0.2) is 78.9 Å². The number of anilines is 1. The van der Waals surface area contributed by atoms with E-state index in [0.717, 1.165) is 54.6 Å². The average Bonchev–Trinajstić information content (AvgIpc) is 3.03. The van der Waals surface area contributed by atoms with Gasteiger partial charge in [0.25, 0.3) is 0 Å². The fourth-order valence-corrected chi connectivity index (χ4v) is 5.26. The van der Waals surface area contributed by atoms with Crippen LogP contribution in [0.5, 0.6) is 0 Å². The van der Waals surface area contributed by atoms with Crippen LogP contribution in [-0.4, -0.2) is 29.1 Å². The van der Waals surface area contributed by atoms with Gasteiger partial charge in [-0.2, -0.15) is 0 Å². The molecule has 2 heterocycles. The predicted molar refractivity (Wildman–Crippen MR) is 126 cm³/mol. The molecule has 32 heavy (non-hydrogen) atoms. The third-order valence-electron chi connectivity index (χ3n) is 6.76. The Hall–Kier alpha value is -3.18. The SMILES string of the molecule is O=C(Nc1ccccc1-c1ccccc1)NC1CC2CCC(C1)N2Cc1ccc(F)cc1. The normalized spacial score (nSPS) is 22.5. The molecule has 2 aliphatic heterocycles. The van der Waals surface area contributed by atoms with Crippen LogP contribution < -0.4 is 10.6 Å². The molecule has 0 radical (unpaired) electrons. The zero-order valence-electron chi connectivity index (χ0n) is 18.0. The molecule has 0 aromatic heterocycles. The molecular weight excluding hydrogens is 401 g/mol. The van der Waals surface area contributed by atoms with Gasteiger partial charge in [-0.25, -0.2) is 9.18 Å². The molecule has 5 rings (SSSR count). The lowest BCUT2D eigenvalue weighted by Crippen LogP contribution is -2.50. The zero-order valence-corrected chi connectivity index (χ0v) is 18.0. The summed E-state index contributed by atoms with van der Waals surface area (Å²) in [5.41, 5.74) is 4.05. The molecule has 4 nitrogen and oxygen atoms in total. The highest BCUT2D eigenvalue weighted by molar-refractivity contribution is 5.94. The molecule has 2 fully saturated rings. The highest BCUT2D eigenvalue weighted by Crippen LogP contribution is 2.37. The summed E-state index contributed by atoms with van der Waals surface area (Å²) in [5.74, 6) is -0.195. The van der Waals surface area contributed by atoms with Crippen molar-refractivity contribution in [2.75, 3.05) is 5.32 Å². The Kier molecular flexibility index (Phi) is 5.91. The summed E-state index contributed by atoms with van der Waals surface area (Å²) in [6.45, 7) is 0.846. The number of rotatable bonds is 5. The van der Waals surface area contributed by atoms with Crippen LogP contribution in [0.3, 0.4) is 0 Å². The number of carbonyl (C=O) groups is 1. The lowest BCUT2D eigenvalue weighted by molar-refractivity contribution is 0.112. The maximum atomic E-state index is 13.2. The van der Waals surface area contributed by atoms with Gasteiger partial charge in [-0.15, -0.1) is 0 Å². The molecule has 164 valence electrons. The number of nitrogens with zero attached hydrogens (tertiary/aromatic N) is 1. The van der Waals surface area contributed by atoms with Crippen molar-refractivity contribution in [2.45, 2.75) is 50.4 Å². The van der Waals surface area contributed by atoms with Crippen LogP contribution in [0.25, 0.3) is 11.1 Å². The highest BCUT2D eigenvalue weighted by atomic mass is 19.1. The van der Waals surface area contributed by atoms with Crippen LogP contribution in [0.2, 0.25) is 0 Å². The zero-order chi connectivity index (χ0) is 21.9. The van der Waals surface area contributed by atoms with E-state index in [1.807, 2.05) is 66.7 Å². The summed E-state index contributed by atoms with van der Waals surface area (Å²) in [6, 6.07) is 25.7. The Bertz CT molecular complexity index is 1060. The summed E-state index contributed by atoms with van der Waals surface area (Å²) < 4.78 is 13.2. The number of hydrogen-bond donors (Lipinski definition) is 2. The number of urea groups is 1. The van der Waals surface area contributed by atoms with E-state index in [0.29, 0.717) is 12.1 Å². The average molecular weight is 430 g/mol. The monoisotopic (exact) mass is 429 g/mol. The van der Waals surface area contributed by atoms with E-state index < -0.39 is 0 Å². The maximum Gasteiger partial charge on any atom is 0.319 e. The van der Waals surface area contributed by atoms with Crippen LogP contribution in [0.4, 0.5) is 14.9 Å². The first kappa shape index (κ1) is 20.7. The van der Waals surface area contributed by atoms with Crippen molar-refractivity contribution in [1.82, 2.24) is 10.2 Å². The van der Waals surface area contributed by atoms with Gasteiger partial charge in [0.05, 0.1) is 5.69 Å². The van der Waals surface area contributed by atoms with E-state index in [-0.39, 0.29) is 17.9 Å². The van der Waals surface area contributed by atoms with Crippen molar-refractivity contribution in [3.8, 4) is 11.1 Å². The van der Waals surface area contributed by atoms with Gasteiger partial charge in [0, 0.05) is 30.2 Å². The smallest absolute Gasteiger partial charge is 0.319 e. The lowest BCUT2D eigenvalue weighted by Gasteiger charge is -2.39. The number of carbonyl (C=O) groups excluding carboxylic acids is 1. The summed E-state index contributed by atoms with van der Waals surface area (Å²) in [6.07, 6.45) is 4.21. The van der Waals surface area contributed by atoms with Crippen molar-refractivity contribution in [1.29, 1.82) is 0 Å². The van der Waals surface area contributed by atoms with Crippen molar-refractivity contribution < 1.29 is 9.18 Å². The van der Waals surface area contributed by atoms with Gasteiger partial charge >= 0.3 is 6.03 Å². The second-order valence-corrected chi connectivity index (χ2v) is 8.86. The van der Waals surface area contributed by atoms with Crippen molar-refractivity contribution in [3.63, 3.8) is 0 Å². The second kappa shape index (κ2) is 9.13. The molecule has 0 aliphatic carbocycles. The lowest BCUT2D eigenvalue weighted by atomic mass is 9.96. The topological polar surface area (TPSA) is 44.4 Å². The third kappa shape index (κ3) is 4.53. The van der Waals surface area contributed by atoms with Crippen molar-refractivity contribution in [2.24, 2.45) is 0 Å². The Morgan fingerprint density at radius 3 is 2.25 bits per heavy atom. The first-order chi connectivity index (χ1) is 15.7. The van der Waals surface area contributed by atoms with Gasteiger partial charge in [0.1, 0.15) is 5.82 Å². The Balaban J connectivity index is 1.21. The second-order valence-electron chi connectivity index (χ2n) is 8.86. The third-order valence-corrected chi connectivity index (χ3v) is 6.76. The van der Waals surface area contributed by atoms with Gasteiger partial charge in [0.15, 0.2) is 0 Å². The molecular formula is C27H28FN3O. The molecule has 3 aromatic carbocycles. The fourth-order valence-electron chi connectivity index (χ4n) is 5.26. The molecule has 2 saturated heterocycles. The minimum Gasteiger partial charge on any atom is -0.335 e. The standard InChI is InChI=1S/C27H28FN3O/c28-21-12-10-19(11-13-21)18-31-23-14-15-24(31)17-22(16-23)29-27(32)30-26-9-5-4-8-25(26)20-6-2-1-3-7-20/h1-13,22-24H,14-18H2,(H2,29,30,32). The van der Waals surface area contributed by atoms with Gasteiger partial charge in [-0.05, 0) is 55.0 Å². The van der Waals surface area contributed by atoms with E-state index in [1.165, 1.54) is 12.1 Å². The van der Waals surface area contributed by atoms with Crippen LogP contribution in [-0.2, 0) is 6.54 Å². The summed E-state index contributed by atoms with van der Waals surface area (Å²) >= 11 is 0. The number of benzene rings is 3. The Morgan fingerprint density at radius 2 is 1.53 bits per heavy atom. The molecule has 2 aliphatic rings.